The van der Waals surface area contributed by atoms with Crippen LogP contribution in [0.4, 0.5) is 5.13 Å². The summed E-state index contributed by atoms with van der Waals surface area (Å²) in [4.78, 5) is 54.0. The zero-order chi connectivity index (χ0) is 35.6. The molecule has 3 atom stereocenters. The number of ketones is 1. The van der Waals surface area contributed by atoms with E-state index in [4.69, 9.17) is 21.3 Å². The molecule has 1 amide bonds. The Kier molecular flexibility index (Phi) is 9.84. The number of anilines is 1. The third kappa shape index (κ3) is 7.09. The standard InChI is InChI=1S/C34H36N10O5S2/c1-49-40-27(30-39-34(36)51-41-30)26(45)13-24-31(46)44-28(33(47)48)22(18-50-32(24)44)16-42-11-8-20-9-12-43(25(20)17-42)15-19-4-6-21(7-5-19)29(35)38-23-3-2-10-37-14-23/h4-9,11-12,17,23-24,32,37H,2-3,10,13-16,18H2,1H3,(H4-,35,36,38,39,41,47,48)/p+1/b40-27+/t23?,24-,32-/m1/s1. The number of fused-ring (bicyclic) bond motifs is 2. The molecule has 17 heteroatoms. The molecule has 264 valence electrons. The number of carboxylic acids is 1. The molecule has 6 heterocycles. The van der Waals surface area contributed by atoms with Gasteiger partial charge in [0.2, 0.25) is 11.7 Å². The van der Waals surface area contributed by atoms with Crippen LogP contribution in [0, 0.1) is 5.92 Å². The van der Waals surface area contributed by atoms with Crippen LogP contribution in [0.15, 0.2) is 76.4 Å². The van der Waals surface area contributed by atoms with Crippen molar-refractivity contribution < 1.29 is 28.9 Å². The van der Waals surface area contributed by atoms with Gasteiger partial charge < -0.3 is 31.3 Å². The fraction of sp³-hybridized carbons (Fsp3) is 0.353. The molecule has 0 saturated carbocycles. The number of aromatic nitrogens is 4. The third-order valence-electron chi connectivity index (χ3n) is 9.21. The van der Waals surface area contributed by atoms with Crippen molar-refractivity contribution in [3.8, 4) is 0 Å². The van der Waals surface area contributed by atoms with Gasteiger partial charge in [-0.1, -0.05) is 29.4 Å². The molecule has 2 saturated heterocycles. The zero-order valence-electron chi connectivity index (χ0n) is 27.8. The highest BCUT2D eigenvalue weighted by molar-refractivity contribution is 8.00. The van der Waals surface area contributed by atoms with Crippen LogP contribution in [-0.4, -0.2) is 90.5 Å². The van der Waals surface area contributed by atoms with Crippen molar-refractivity contribution in [1.29, 1.82) is 0 Å². The first kappa shape index (κ1) is 34.3. The summed E-state index contributed by atoms with van der Waals surface area (Å²) in [5, 5.41) is 18.1. The highest BCUT2D eigenvalue weighted by Crippen LogP contribution is 2.45. The van der Waals surface area contributed by atoms with Crippen LogP contribution in [0.3, 0.4) is 0 Å². The summed E-state index contributed by atoms with van der Waals surface area (Å²) in [6, 6.07) is 12.4. The van der Waals surface area contributed by atoms with E-state index in [2.05, 4.69) is 36.5 Å². The van der Waals surface area contributed by atoms with Crippen molar-refractivity contribution in [2.45, 2.75) is 43.8 Å². The lowest BCUT2D eigenvalue weighted by molar-refractivity contribution is -0.687. The summed E-state index contributed by atoms with van der Waals surface area (Å²) in [6.45, 7) is 2.78. The molecule has 0 spiro atoms. The molecule has 1 aromatic carbocycles. The van der Waals surface area contributed by atoms with Crippen LogP contribution in [0.2, 0.25) is 0 Å². The van der Waals surface area contributed by atoms with Crippen molar-refractivity contribution in [2.75, 3.05) is 31.7 Å². The minimum Gasteiger partial charge on any atom is -0.477 e. The molecule has 0 bridgehead atoms. The van der Waals surface area contributed by atoms with Gasteiger partial charge in [0.1, 0.15) is 24.2 Å². The van der Waals surface area contributed by atoms with E-state index in [1.807, 2.05) is 47.4 Å². The quantitative estimate of drug-likeness (QED) is 0.0543. The zero-order valence-corrected chi connectivity index (χ0v) is 29.4. The Morgan fingerprint density at radius 2 is 2.04 bits per heavy atom. The summed E-state index contributed by atoms with van der Waals surface area (Å²) < 4.78 is 8.11. The monoisotopic (exact) mass is 729 g/mol. The number of nitrogen functional groups attached to an aromatic ring is 1. The molecule has 4 aromatic rings. The molecule has 3 aliphatic heterocycles. The highest BCUT2D eigenvalue weighted by Gasteiger charge is 2.54. The molecule has 3 aromatic heterocycles. The highest BCUT2D eigenvalue weighted by atomic mass is 32.2. The van der Waals surface area contributed by atoms with Crippen LogP contribution < -0.4 is 21.4 Å². The fourth-order valence-electron chi connectivity index (χ4n) is 6.69. The first-order valence-corrected chi connectivity index (χ1v) is 18.3. The van der Waals surface area contributed by atoms with Gasteiger partial charge in [-0.3, -0.25) is 19.5 Å². The smallest absolute Gasteiger partial charge is 0.352 e. The molecule has 6 N–H and O–H groups in total. The van der Waals surface area contributed by atoms with E-state index in [1.165, 1.54) is 23.8 Å². The second-order valence-electron chi connectivity index (χ2n) is 12.6. The number of amidine groups is 1. The first-order valence-electron chi connectivity index (χ1n) is 16.4. The number of Topliss-reactive ketones (excluding diaryl/α,β-unsaturated/α-hetero) is 1. The van der Waals surface area contributed by atoms with Gasteiger partial charge in [-0.05, 0) is 31.0 Å². The van der Waals surface area contributed by atoms with Gasteiger partial charge in [0.05, 0.1) is 17.3 Å². The molecule has 15 nitrogen and oxygen atoms in total. The SMILES string of the molecule is CO/N=C(\C(=O)C[C@@H]1C(=O)N2C(C(=O)O)=C(C[n+]3ccc4ccn(Cc5ccc(C(N)=NC6CCCNC6)cc5)c4c3)CS[C@H]12)c1nsc(N)n1. The van der Waals surface area contributed by atoms with Crippen LogP contribution >= 0.6 is 23.3 Å². The predicted octanol–water partition coefficient (Wildman–Crippen LogP) is 1.75. The van der Waals surface area contributed by atoms with Crippen molar-refractivity contribution in [2.24, 2.45) is 21.8 Å². The van der Waals surface area contributed by atoms with E-state index in [-0.39, 0.29) is 41.4 Å². The Labute approximate surface area is 301 Å². The molecule has 1 unspecified atom stereocenters. The molecule has 3 aliphatic rings. The van der Waals surface area contributed by atoms with Crippen LogP contribution in [-0.2, 0) is 32.3 Å². The first-order chi connectivity index (χ1) is 24.7. The van der Waals surface area contributed by atoms with Crippen LogP contribution in [0.25, 0.3) is 10.9 Å². The molecule has 51 heavy (non-hydrogen) atoms. The fourth-order valence-corrected chi connectivity index (χ4v) is 8.53. The van der Waals surface area contributed by atoms with E-state index in [0.29, 0.717) is 23.7 Å². The number of β-lactam (4-membered cyclic amide) rings is 1. The number of hydrogen-bond donors (Lipinski definition) is 4. The average Bonchev–Trinajstić information content (AvgIpc) is 3.75. The number of aliphatic imine (C=N–C) groups is 1. The minimum atomic E-state index is -1.19. The Balaban J connectivity index is 1.05. The largest absolute Gasteiger partial charge is 0.477 e. The summed E-state index contributed by atoms with van der Waals surface area (Å²) in [7, 11) is 1.29. The maximum Gasteiger partial charge on any atom is 0.352 e. The lowest BCUT2D eigenvalue weighted by Crippen LogP contribution is -2.62. The topological polar surface area (TPSA) is 207 Å². The van der Waals surface area contributed by atoms with E-state index >= 15 is 0 Å². The lowest BCUT2D eigenvalue weighted by Gasteiger charge is -2.49. The summed E-state index contributed by atoms with van der Waals surface area (Å²) in [6.07, 6.45) is 7.87. The second-order valence-corrected chi connectivity index (χ2v) is 14.5. The van der Waals surface area contributed by atoms with Crippen molar-refractivity contribution in [3.63, 3.8) is 0 Å². The van der Waals surface area contributed by atoms with Gasteiger partial charge in [0.15, 0.2) is 35.6 Å². The summed E-state index contributed by atoms with van der Waals surface area (Å²) in [5.41, 5.74) is 15.4. The normalized spacial score (nSPS) is 21.1. The number of benzene rings is 1. The molecule has 2 fully saturated rings. The van der Waals surface area contributed by atoms with E-state index in [0.717, 1.165) is 59.5 Å². The Bertz CT molecular complexity index is 2080. The molecule has 7 rings (SSSR count). The number of thioether (sulfide) groups is 1. The molecular formula is C34H37N10O5S2+. The number of oxime groups is 1. The lowest BCUT2D eigenvalue weighted by atomic mass is 9.89. The van der Waals surface area contributed by atoms with Gasteiger partial charge in [-0.2, -0.15) is 13.9 Å². The predicted molar refractivity (Wildman–Crippen MR) is 193 cm³/mol. The number of piperidine rings is 1. The minimum absolute atomic E-state index is 0.0223. The number of amides is 1. The number of carbonyl (C=O) groups excluding carboxylic acids is 2. The number of pyridine rings is 1. The number of carbonyl (C=O) groups is 3. The number of hydrogen-bond acceptors (Lipinski definition) is 12. The van der Waals surface area contributed by atoms with Gasteiger partial charge in [0.25, 0.3) is 0 Å². The van der Waals surface area contributed by atoms with Gasteiger partial charge in [-0.25, -0.2) is 4.79 Å². The van der Waals surface area contributed by atoms with Gasteiger partial charge in [-0.15, -0.1) is 11.8 Å². The average molecular weight is 730 g/mol. The Hall–Kier alpha value is -5.13. The number of carboxylic acid groups (broad SMARTS) is 1. The van der Waals surface area contributed by atoms with Crippen molar-refractivity contribution >= 4 is 68.5 Å². The van der Waals surface area contributed by atoms with Crippen LogP contribution in [0.5, 0.6) is 0 Å². The maximum absolute atomic E-state index is 13.4. The summed E-state index contributed by atoms with van der Waals surface area (Å²) >= 11 is 2.35. The molecule has 0 aliphatic carbocycles. The van der Waals surface area contributed by atoms with Gasteiger partial charge in [0, 0.05) is 65.6 Å². The van der Waals surface area contributed by atoms with Crippen LogP contribution in [0.1, 0.15) is 36.2 Å². The Morgan fingerprint density at radius 1 is 1.22 bits per heavy atom. The molecule has 0 radical (unpaired) electrons. The van der Waals surface area contributed by atoms with E-state index in [9.17, 15) is 19.5 Å². The summed E-state index contributed by atoms with van der Waals surface area (Å²) in [5.74, 6) is -1.89. The van der Waals surface area contributed by atoms with Crippen molar-refractivity contribution in [3.05, 3.63) is 83.2 Å². The molecular weight excluding hydrogens is 693 g/mol. The van der Waals surface area contributed by atoms with E-state index < -0.39 is 29.0 Å². The Morgan fingerprint density at radius 3 is 2.75 bits per heavy atom. The van der Waals surface area contributed by atoms with Crippen molar-refractivity contribution in [1.82, 2.24) is 24.1 Å². The number of nitrogens with one attached hydrogen (secondary N) is 1. The number of nitrogens with zero attached hydrogens (tertiary/aromatic N) is 7. The second kappa shape index (κ2) is 14.6. The number of aliphatic carboxylic acids is 1. The number of nitrogens with two attached hydrogens (primary N) is 2. The number of rotatable bonds is 12. The van der Waals surface area contributed by atoms with E-state index in [1.54, 1.807) is 0 Å². The maximum atomic E-state index is 13.4. The third-order valence-corrected chi connectivity index (χ3v) is 11.1. The van der Waals surface area contributed by atoms with Gasteiger partial charge >= 0.3 is 5.97 Å².